The zero-order chi connectivity index (χ0) is 14.5. The number of amides is 2. The number of nitrogens with one attached hydrogen (secondary N) is 3. The van der Waals surface area contributed by atoms with E-state index < -0.39 is 0 Å². The fourth-order valence-corrected chi connectivity index (χ4v) is 1.93. The van der Waals surface area contributed by atoms with Gasteiger partial charge in [0.15, 0.2) is 0 Å². The molecule has 0 unspecified atom stereocenters. The Morgan fingerprint density at radius 1 is 1.25 bits per heavy atom. The molecule has 5 nitrogen and oxygen atoms in total. The molecule has 2 rings (SSSR count). The molecular formula is C15H21N3O2. The molecule has 0 spiro atoms. The van der Waals surface area contributed by atoms with Gasteiger partial charge in [0, 0.05) is 23.7 Å². The monoisotopic (exact) mass is 275 g/mol. The molecule has 1 aromatic rings. The van der Waals surface area contributed by atoms with Crippen molar-refractivity contribution in [1.29, 1.82) is 0 Å². The van der Waals surface area contributed by atoms with Crippen LogP contribution < -0.4 is 16.0 Å². The van der Waals surface area contributed by atoms with Crippen molar-refractivity contribution >= 4 is 23.2 Å². The normalized spacial score (nSPS) is 14.8. The van der Waals surface area contributed by atoms with Crippen molar-refractivity contribution in [3.05, 3.63) is 24.3 Å². The third-order valence-electron chi connectivity index (χ3n) is 3.28. The topological polar surface area (TPSA) is 70.2 Å². The fraction of sp³-hybridized carbons (Fsp3) is 0.467. The molecule has 0 aromatic heterocycles. The zero-order valence-electron chi connectivity index (χ0n) is 11.9. The van der Waals surface area contributed by atoms with Crippen LogP contribution in [0, 0.1) is 11.8 Å². The quantitative estimate of drug-likeness (QED) is 0.768. The third kappa shape index (κ3) is 4.06. The second kappa shape index (κ2) is 6.52. The molecule has 0 radical (unpaired) electrons. The van der Waals surface area contributed by atoms with Gasteiger partial charge in [0.2, 0.25) is 11.8 Å². The summed E-state index contributed by atoms with van der Waals surface area (Å²) in [5.41, 5.74) is 1.41. The van der Waals surface area contributed by atoms with Gasteiger partial charge in [0.25, 0.3) is 0 Å². The summed E-state index contributed by atoms with van der Waals surface area (Å²) in [7, 11) is 0. The average Bonchev–Trinajstić information content (AvgIpc) is 2.34. The minimum atomic E-state index is -0.0700. The summed E-state index contributed by atoms with van der Waals surface area (Å²) < 4.78 is 0. The Balaban J connectivity index is 1.91. The molecule has 1 saturated heterocycles. The zero-order valence-corrected chi connectivity index (χ0v) is 11.9. The predicted molar refractivity (Wildman–Crippen MR) is 79.5 cm³/mol. The first kappa shape index (κ1) is 14.5. The van der Waals surface area contributed by atoms with Crippen LogP contribution in [0.25, 0.3) is 0 Å². The maximum absolute atomic E-state index is 11.8. The number of rotatable bonds is 5. The van der Waals surface area contributed by atoms with E-state index >= 15 is 0 Å². The number of benzene rings is 1. The molecule has 2 amide bonds. The van der Waals surface area contributed by atoms with Crippen LogP contribution in [0.3, 0.4) is 0 Å². The van der Waals surface area contributed by atoms with Crippen molar-refractivity contribution < 1.29 is 9.59 Å². The molecule has 5 heteroatoms. The van der Waals surface area contributed by atoms with Crippen molar-refractivity contribution in [2.75, 3.05) is 23.7 Å². The molecule has 0 atom stereocenters. The van der Waals surface area contributed by atoms with Gasteiger partial charge in [-0.3, -0.25) is 9.59 Å². The van der Waals surface area contributed by atoms with Crippen LogP contribution in [0.1, 0.15) is 20.3 Å². The van der Waals surface area contributed by atoms with Crippen LogP contribution in [-0.4, -0.2) is 24.9 Å². The molecule has 0 bridgehead atoms. The lowest BCUT2D eigenvalue weighted by Gasteiger charge is -2.26. The molecule has 108 valence electrons. The summed E-state index contributed by atoms with van der Waals surface area (Å²) in [5.74, 6) is 0.357. The molecule has 1 aliphatic heterocycles. The molecule has 20 heavy (non-hydrogen) atoms. The van der Waals surface area contributed by atoms with E-state index in [4.69, 9.17) is 0 Å². The lowest BCUT2D eigenvalue weighted by atomic mass is 9.99. The van der Waals surface area contributed by atoms with E-state index in [1.807, 2.05) is 32.0 Å². The molecular weight excluding hydrogens is 254 g/mol. The van der Waals surface area contributed by atoms with Crippen LogP contribution in [0.5, 0.6) is 0 Å². The average molecular weight is 275 g/mol. The minimum Gasteiger partial charge on any atom is -0.326 e. The fourth-order valence-electron chi connectivity index (χ4n) is 1.93. The van der Waals surface area contributed by atoms with E-state index in [0.717, 1.165) is 13.1 Å². The summed E-state index contributed by atoms with van der Waals surface area (Å²) in [6.45, 7) is 5.51. The highest BCUT2D eigenvalue weighted by Gasteiger charge is 2.20. The predicted octanol–water partition coefficient (Wildman–Crippen LogP) is 1.83. The van der Waals surface area contributed by atoms with Gasteiger partial charge in [-0.2, -0.15) is 0 Å². The van der Waals surface area contributed by atoms with E-state index in [2.05, 4.69) is 16.0 Å². The van der Waals surface area contributed by atoms with Crippen LogP contribution in [0.2, 0.25) is 0 Å². The molecule has 3 N–H and O–H groups in total. The second-order valence-electron chi connectivity index (χ2n) is 5.50. The van der Waals surface area contributed by atoms with Crippen molar-refractivity contribution in [2.45, 2.75) is 20.3 Å². The van der Waals surface area contributed by atoms with Gasteiger partial charge in [-0.15, -0.1) is 0 Å². The Morgan fingerprint density at radius 2 is 1.90 bits per heavy atom. The highest BCUT2D eigenvalue weighted by molar-refractivity contribution is 5.94. The van der Waals surface area contributed by atoms with Crippen LogP contribution >= 0.6 is 0 Å². The van der Waals surface area contributed by atoms with Gasteiger partial charge in [0.1, 0.15) is 0 Å². The molecule has 0 aliphatic carbocycles. The standard InChI is InChI=1S/C15H21N3O2/c1-10(2)15(20)18-13-5-3-4-12(7-13)17-14(19)6-11-8-16-9-11/h3-5,7,10-11,16H,6,8-9H2,1-2H3,(H,17,19)(H,18,20). The molecule has 0 saturated carbocycles. The number of hydrogen-bond donors (Lipinski definition) is 3. The van der Waals surface area contributed by atoms with Gasteiger partial charge in [-0.1, -0.05) is 19.9 Å². The third-order valence-corrected chi connectivity index (χ3v) is 3.28. The summed E-state index contributed by atoms with van der Waals surface area (Å²) in [6.07, 6.45) is 0.537. The minimum absolute atomic E-state index is 0.0174. The highest BCUT2D eigenvalue weighted by atomic mass is 16.2. The number of carbonyl (C=O) groups is 2. The molecule has 1 aliphatic rings. The Bertz CT molecular complexity index is 496. The summed E-state index contributed by atoms with van der Waals surface area (Å²) in [4.78, 5) is 23.5. The lowest BCUT2D eigenvalue weighted by Crippen LogP contribution is -2.43. The largest absolute Gasteiger partial charge is 0.326 e. The molecule has 1 fully saturated rings. The van der Waals surface area contributed by atoms with Crippen LogP contribution in [0.15, 0.2) is 24.3 Å². The number of anilines is 2. The first-order valence-corrected chi connectivity index (χ1v) is 6.96. The summed E-state index contributed by atoms with van der Waals surface area (Å²) in [5, 5.41) is 8.83. The first-order chi connectivity index (χ1) is 9.54. The number of hydrogen-bond acceptors (Lipinski definition) is 3. The van der Waals surface area contributed by atoms with E-state index in [9.17, 15) is 9.59 Å². The Hall–Kier alpha value is -1.88. The van der Waals surface area contributed by atoms with Crippen molar-refractivity contribution in [3.8, 4) is 0 Å². The Labute approximate surface area is 119 Å². The lowest BCUT2D eigenvalue weighted by molar-refractivity contribution is -0.119. The van der Waals surface area contributed by atoms with Gasteiger partial charge < -0.3 is 16.0 Å². The van der Waals surface area contributed by atoms with Gasteiger partial charge in [-0.05, 0) is 37.2 Å². The van der Waals surface area contributed by atoms with Crippen LogP contribution in [-0.2, 0) is 9.59 Å². The van der Waals surface area contributed by atoms with Crippen molar-refractivity contribution in [2.24, 2.45) is 11.8 Å². The summed E-state index contributed by atoms with van der Waals surface area (Å²) in [6, 6.07) is 7.22. The molecule has 1 heterocycles. The van der Waals surface area contributed by atoms with Crippen molar-refractivity contribution in [1.82, 2.24) is 5.32 Å². The van der Waals surface area contributed by atoms with Crippen LogP contribution in [0.4, 0.5) is 11.4 Å². The van der Waals surface area contributed by atoms with E-state index in [0.29, 0.717) is 23.7 Å². The highest BCUT2D eigenvalue weighted by Crippen LogP contribution is 2.17. The van der Waals surface area contributed by atoms with E-state index in [1.54, 1.807) is 6.07 Å². The number of carbonyl (C=O) groups excluding carboxylic acids is 2. The van der Waals surface area contributed by atoms with Gasteiger partial charge in [-0.25, -0.2) is 0 Å². The van der Waals surface area contributed by atoms with Crippen molar-refractivity contribution in [3.63, 3.8) is 0 Å². The van der Waals surface area contributed by atoms with E-state index in [1.165, 1.54) is 0 Å². The maximum atomic E-state index is 11.8. The van der Waals surface area contributed by atoms with E-state index in [-0.39, 0.29) is 17.7 Å². The van der Waals surface area contributed by atoms with Gasteiger partial charge >= 0.3 is 0 Å². The maximum Gasteiger partial charge on any atom is 0.226 e. The Morgan fingerprint density at radius 3 is 2.45 bits per heavy atom. The first-order valence-electron chi connectivity index (χ1n) is 6.96. The Kier molecular flexibility index (Phi) is 4.74. The molecule has 1 aromatic carbocycles. The SMILES string of the molecule is CC(C)C(=O)Nc1cccc(NC(=O)CC2CNC2)c1. The summed E-state index contributed by atoms with van der Waals surface area (Å²) >= 11 is 0. The smallest absolute Gasteiger partial charge is 0.226 e. The second-order valence-corrected chi connectivity index (χ2v) is 5.50. The van der Waals surface area contributed by atoms with Gasteiger partial charge in [0.05, 0.1) is 0 Å².